The van der Waals surface area contributed by atoms with Crippen LogP contribution < -0.4 is 10.6 Å². The van der Waals surface area contributed by atoms with Crippen LogP contribution in [0.1, 0.15) is 17.5 Å². The maximum Gasteiger partial charge on any atom is 0.224 e. The van der Waals surface area contributed by atoms with Crippen molar-refractivity contribution in [1.82, 2.24) is 5.32 Å². The van der Waals surface area contributed by atoms with Crippen molar-refractivity contribution in [3.63, 3.8) is 0 Å². The molecule has 1 aromatic rings. The van der Waals surface area contributed by atoms with Crippen LogP contribution in [0.15, 0.2) is 18.2 Å². The van der Waals surface area contributed by atoms with Crippen LogP contribution in [0.5, 0.6) is 0 Å². The van der Waals surface area contributed by atoms with Crippen LogP contribution in [-0.2, 0) is 22.4 Å². The van der Waals surface area contributed by atoms with E-state index in [1.165, 1.54) is 11.1 Å². The lowest BCUT2D eigenvalue weighted by molar-refractivity contribution is -0.116. The van der Waals surface area contributed by atoms with Gasteiger partial charge in [0.1, 0.15) is 6.29 Å². The molecule has 4 heteroatoms. The Balaban J connectivity index is 1.96. The number of carbonyl (C=O) groups excluding carboxylic acids is 2. The number of amides is 1. The molecule has 0 fully saturated rings. The van der Waals surface area contributed by atoms with Gasteiger partial charge in [0.05, 0.1) is 6.54 Å². The molecule has 0 saturated heterocycles. The molecule has 1 aliphatic rings. The summed E-state index contributed by atoms with van der Waals surface area (Å²) in [5.74, 6) is 0.0953. The monoisotopic (exact) mass is 232 g/mol. The van der Waals surface area contributed by atoms with E-state index in [1.54, 1.807) is 0 Å². The number of nitrogens with one attached hydrogen (secondary N) is 2. The lowest BCUT2D eigenvalue weighted by Gasteiger charge is -2.17. The zero-order valence-corrected chi connectivity index (χ0v) is 9.66. The molecule has 1 aromatic carbocycles. The van der Waals surface area contributed by atoms with Crippen LogP contribution in [0.4, 0.5) is 5.69 Å². The Morgan fingerprint density at radius 1 is 1.35 bits per heavy atom. The third-order valence-corrected chi connectivity index (χ3v) is 2.88. The summed E-state index contributed by atoms with van der Waals surface area (Å²) in [4.78, 5) is 21.3. The molecular weight excluding hydrogens is 216 g/mol. The SMILES string of the molecule is O=CCNCCc1ccc2c(c1)CCC(=O)N2. The average Bonchev–Trinajstić information content (AvgIpc) is 2.35. The molecule has 0 bridgehead atoms. The van der Waals surface area contributed by atoms with E-state index in [-0.39, 0.29) is 5.91 Å². The van der Waals surface area contributed by atoms with Crippen molar-refractivity contribution in [3.05, 3.63) is 29.3 Å². The van der Waals surface area contributed by atoms with E-state index < -0.39 is 0 Å². The molecule has 0 saturated carbocycles. The number of aryl methyl sites for hydroxylation is 1. The molecule has 4 nitrogen and oxygen atoms in total. The maximum absolute atomic E-state index is 11.2. The lowest BCUT2D eigenvalue weighted by Crippen LogP contribution is -2.20. The summed E-state index contributed by atoms with van der Waals surface area (Å²) in [5.41, 5.74) is 3.38. The fourth-order valence-corrected chi connectivity index (χ4v) is 1.99. The minimum absolute atomic E-state index is 0.0953. The molecule has 17 heavy (non-hydrogen) atoms. The summed E-state index contributed by atoms with van der Waals surface area (Å²) in [6.45, 7) is 1.20. The van der Waals surface area contributed by atoms with Gasteiger partial charge >= 0.3 is 0 Å². The topological polar surface area (TPSA) is 58.2 Å². The van der Waals surface area contributed by atoms with E-state index in [2.05, 4.69) is 16.7 Å². The first-order chi connectivity index (χ1) is 8.29. The molecule has 90 valence electrons. The van der Waals surface area contributed by atoms with E-state index in [4.69, 9.17) is 0 Å². The number of fused-ring (bicyclic) bond motifs is 1. The zero-order chi connectivity index (χ0) is 12.1. The van der Waals surface area contributed by atoms with Crippen LogP contribution in [0, 0.1) is 0 Å². The number of rotatable bonds is 5. The van der Waals surface area contributed by atoms with Gasteiger partial charge in [0, 0.05) is 12.1 Å². The molecule has 1 amide bonds. The molecule has 0 atom stereocenters. The molecule has 1 heterocycles. The first-order valence-corrected chi connectivity index (χ1v) is 5.85. The number of carbonyl (C=O) groups is 2. The van der Waals surface area contributed by atoms with Crippen LogP contribution in [0.3, 0.4) is 0 Å². The van der Waals surface area contributed by atoms with E-state index in [9.17, 15) is 9.59 Å². The van der Waals surface area contributed by atoms with Crippen LogP contribution in [0.2, 0.25) is 0 Å². The summed E-state index contributed by atoms with van der Waals surface area (Å²) in [7, 11) is 0. The highest BCUT2D eigenvalue weighted by Crippen LogP contribution is 2.23. The Labute approximate surface area is 100 Å². The normalized spacial score (nSPS) is 14.0. The number of hydrogen-bond donors (Lipinski definition) is 2. The predicted octanol–water partition coefficient (Wildman–Crippen LogP) is 0.902. The van der Waals surface area contributed by atoms with Crippen molar-refractivity contribution in [2.45, 2.75) is 19.3 Å². The molecule has 0 spiro atoms. The molecule has 2 rings (SSSR count). The van der Waals surface area contributed by atoms with E-state index in [0.717, 1.165) is 31.4 Å². The van der Waals surface area contributed by atoms with Crippen molar-refractivity contribution >= 4 is 17.9 Å². The Hall–Kier alpha value is -1.68. The summed E-state index contributed by atoms with van der Waals surface area (Å²) < 4.78 is 0. The van der Waals surface area contributed by atoms with Gasteiger partial charge in [-0.3, -0.25) is 4.79 Å². The molecular formula is C13H16N2O2. The molecule has 0 aromatic heterocycles. The predicted molar refractivity (Wildman–Crippen MR) is 66.0 cm³/mol. The highest BCUT2D eigenvalue weighted by atomic mass is 16.1. The van der Waals surface area contributed by atoms with Gasteiger partial charge in [0.2, 0.25) is 5.91 Å². The molecule has 0 aliphatic carbocycles. The van der Waals surface area contributed by atoms with Gasteiger partial charge in [-0.2, -0.15) is 0 Å². The Morgan fingerprint density at radius 3 is 3.06 bits per heavy atom. The molecule has 0 radical (unpaired) electrons. The third kappa shape index (κ3) is 3.14. The minimum atomic E-state index is 0.0953. The van der Waals surface area contributed by atoms with Gasteiger partial charge in [0.15, 0.2) is 0 Å². The summed E-state index contributed by atoms with van der Waals surface area (Å²) in [5, 5.41) is 5.90. The van der Waals surface area contributed by atoms with E-state index >= 15 is 0 Å². The summed E-state index contributed by atoms with van der Waals surface area (Å²) in [6.07, 6.45) is 3.15. The molecule has 2 N–H and O–H groups in total. The van der Waals surface area contributed by atoms with Crippen LogP contribution >= 0.6 is 0 Å². The van der Waals surface area contributed by atoms with E-state index in [0.29, 0.717) is 13.0 Å². The van der Waals surface area contributed by atoms with Crippen molar-refractivity contribution in [2.75, 3.05) is 18.4 Å². The first kappa shape index (κ1) is 11.8. The first-order valence-electron chi connectivity index (χ1n) is 5.85. The van der Waals surface area contributed by atoms with Crippen molar-refractivity contribution in [2.24, 2.45) is 0 Å². The number of benzene rings is 1. The van der Waals surface area contributed by atoms with Crippen molar-refractivity contribution in [1.29, 1.82) is 0 Å². The molecule has 1 aliphatic heterocycles. The van der Waals surface area contributed by atoms with Gasteiger partial charge in [0.25, 0.3) is 0 Å². The highest BCUT2D eigenvalue weighted by molar-refractivity contribution is 5.93. The number of hydrogen-bond acceptors (Lipinski definition) is 3. The second-order valence-electron chi connectivity index (χ2n) is 4.16. The van der Waals surface area contributed by atoms with Gasteiger partial charge < -0.3 is 15.4 Å². The highest BCUT2D eigenvalue weighted by Gasteiger charge is 2.14. The number of aldehydes is 1. The average molecular weight is 232 g/mol. The zero-order valence-electron chi connectivity index (χ0n) is 9.66. The minimum Gasteiger partial charge on any atom is -0.326 e. The van der Waals surface area contributed by atoms with Crippen molar-refractivity contribution < 1.29 is 9.59 Å². The third-order valence-electron chi connectivity index (χ3n) is 2.88. The standard InChI is InChI=1S/C13H16N2O2/c16-8-7-14-6-5-10-1-3-12-11(9-10)2-4-13(17)15-12/h1,3,8-9,14H,2,4-7H2,(H,15,17). The second kappa shape index (κ2) is 5.59. The van der Waals surface area contributed by atoms with Gasteiger partial charge in [-0.25, -0.2) is 0 Å². The van der Waals surface area contributed by atoms with Crippen molar-refractivity contribution in [3.8, 4) is 0 Å². The Kier molecular flexibility index (Phi) is 3.88. The van der Waals surface area contributed by atoms with Gasteiger partial charge in [-0.05, 0) is 36.6 Å². The Morgan fingerprint density at radius 2 is 2.24 bits per heavy atom. The van der Waals surface area contributed by atoms with Crippen LogP contribution in [-0.4, -0.2) is 25.3 Å². The fraction of sp³-hybridized carbons (Fsp3) is 0.385. The fourth-order valence-electron chi connectivity index (χ4n) is 1.99. The van der Waals surface area contributed by atoms with Crippen LogP contribution in [0.25, 0.3) is 0 Å². The second-order valence-corrected chi connectivity index (χ2v) is 4.16. The molecule has 0 unspecified atom stereocenters. The number of anilines is 1. The summed E-state index contributed by atoms with van der Waals surface area (Å²) in [6, 6.07) is 6.12. The van der Waals surface area contributed by atoms with Gasteiger partial charge in [-0.15, -0.1) is 0 Å². The van der Waals surface area contributed by atoms with Gasteiger partial charge in [-0.1, -0.05) is 12.1 Å². The van der Waals surface area contributed by atoms with E-state index in [1.807, 2.05) is 12.1 Å². The maximum atomic E-state index is 11.2. The largest absolute Gasteiger partial charge is 0.326 e. The quantitative estimate of drug-likeness (QED) is 0.586. The lowest BCUT2D eigenvalue weighted by atomic mass is 9.99. The smallest absolute Gasteiger partial charge is 0.224 e. The Bertz CT molecular complexity index is 429. The summed E-state index contributed by atoms with van der Waals surface area (Å²) >= 11 is 0.